The second kappa shape index (κ2) is 10.6. The zero-order chi connectivity index (χ0) is 23.1. The third-order valence-electron chi connectivity index (χ3n) is 5.32. The van der Waals surface area contributed by atoms with Crippen LogP contribution in [0.4, 0.5) is 0 Å². The number of esters is 1. The highest BCUT2D eigenvalue weighted by Crippen LogP contribution is 2.29. The molecule has 2 aromatic carbocycles. The summed E-state index contributed by atoms with van der Waals surface area (Å²) in [6.45, 7) is 0.348. The average Bonchev–Trinajstić information content (AvgIpc) is 3.12. The molecule has 0 aromatic heterocycles. The van der Waals surface area contributed by atoms with Gasteiger partial charge in [-0.1, -0.05) is 25.0 Å². The normalized spacial score (nSPS) is 14.9. The predicted octanol–water partition coefficient (Wildman–Crippen LogP) is 3.31. The fraction of sp³-hybridized carbons (Fsp3) is 0.391. The van der Waals surface area contributed by atoms with Crippen LogP contribution in [-0.4, -0.2) is 58.4 Å². The first-order valence-corrected chi connectivity index (χ1v) is 11.8. The fourth-order valence-electron chi connectivity index (χ4n) is 3.59. The van der Waals surface area contributed by atoms with E-state index < -0.39 is 28.4 Å². The van der Waals surface area contributed by atoms with Crippen molar-refractivity contribution in [3.63, 3.8) is 0 Å². The zero-order valence-electron chi connectivity index (χ0n) is 18.2. The van der Waals surface area contributed by atoms with Crippen molar-refractivity contribution in [3.8, 4) is 11.5 Å². The van der Waals surface area contributed by atoms with Crippen LogP contribution in [0, 0.1) is 0 Å². The molecule has 0 amide bonds. The van der Waals surface area contributed by atoms with Crippen LogP contribution in [0.25, 0.3) is 0 Å². The lowest BCUT2D eigenvalue weighted by atomic mass is 10.1. The van der Waals surface area contributed by atoms with Gasteiger partial charge in [0.15, 0.2) is 6.61 Å². The topological polar surface area (TPSA) is 99.2 Å². The molecular weight excluding hydrogens is 434 g/mol. The van der Waals surface area contributed by atoms with Gasteiger partial charge >= 0.3 is 5.97 Å². The van der Waals surface area contributed by atoms with E-state index in [-0.39, 0.29) is 16.2 Å². The molecule has 0 saturated carbocycles. The van der Waals surface area contributed by atoms with Crippen LogP contribution >= 0.6 is 0 Å². The third kappa shape index (κ3) is 5.28. The standard InChI is InChI=1S/C23H27NO7S/c1-29-20-10-6-5-9-18(20)19(25)16-31-23(26)17-11-12-21(30-2)22(15-17)32(27,28)24-13-7-3-4-8-14-24/h5-6,9-12,15H,3-4,7-8,13-14,16H2,1-2H3. The maximum atomic E-state index is 13.2. The summed E-state index contributed by atoms with van der Waals surface area (Å²) in [7, 11) is -1.03. The van der Waals surface area contributed by atoms with Crippen LogP contribution < -0.4 is 9.47 Å². The lowest BCUT2D eigenvalue weighted by Crippen LogP contribution is -2.32. The molecule has 8 nitrogen and oxygen atoms in total. The van der Waals surface area contributed by atoms with Crippen molar-refractivity contribution in [2.24, 2.45) is 0 Å². The molecule has 0 bridgehead atoms. The van der Waals surface area contributed by atoms with Crippen molar-refractivity contribution in [1.82, 2.24) is 4.31 Å². The second-order valence-corrected chi connectivity index (χ2v) is 9.29. The highest BCUT2D eigenvalue weighted by Gasteiger charge is 2.29. The largest absolute Gasteiger partial charge is 0.496 e. The number of ketones is 1. The van der Waals surface area contributed by atoms with Gasteiger partial charge in [0.05, 0.1) is 25.3 Å². The molecule has 9 heteroatoms. The van der Waals surface area contributed by atoms with Crippen LogP contribution in [-0.2, 0) is 14.8 Å². The average molecular weight is 462 g/mol. The van der Waals surface area contributed by atoms with Gasteiger partial charge in [0.1, 0.15) is 16.4 Å². The summed E-state index contributed by atoms with van der Waals surface area (Å²) in [6.07, 6.45) is 3.54. The monoisotopic (exact) mass is 461 g/mol. The molecule has 1 aliphatic heterocycles. The molecule has 0 N–H and O–H groups in total. The van der Waals surface area contributed by atoms with Crippen molar-refractivity contribution in [2.45, 2.75) is 30.6 Å². The molecule has 3 rings (SSSR count). The van der Waals surface area contributed by atoms with E-state index in [2.05, 4.69) is 0 Å². The predicted molar refractivity (Wildman–Crippen MR) is 118 cm³/mol. The van der Waals surface area contributed by atoms with Crippen LogP contribution in [0.3, 0.4) is 0 Å². The Morgan fingerprint density at radius 1 is 0.906 bits per heavy atom. The SMILES string of the molecule is COc1ccccc1C(=O)COC(=O)c1ccc(OC)c(S(=O)(=O)N2CCCCCC2)c1. The number of benzene rings is 2. The van der Waals surface area contributed by atoms with Crippen LogP contribution in [0.1, 0.15) is 46.4 Å². The summed E-state index contributed by atoms with van der Waals surface area (Å²) in [6, 6.07) is 10.7. The van der Waals surface area contributed by atoms with Gasteiger partial charge in [0.2, 0.25) is 15.8 Å². The molecule has 1 aliphatic rings. The van der Waals surface area contributed by atoms with Crippen LogP contribution in [0.15, 0.2) is 47.4 Å². The van der Waals surface area contributed by atoms with Crippen molar-refractivity contribution in [3.05, 3.63) is 53.6 Å². The van der Waals surface area contributed by atoms with E-state index in [1.807, 2.05) is 0 Å². The van der Waals surface area contributed by atoms with E-state index in [0.717, 1.165) is 25.7 Å². The smallest absolute Gasteiger partial charge is 0.338 e. The Labute approximate surface area is 188 Å². The number of hydrogen-bond acceptors (Lipinski definition) is 7. The number of carbonyl (C=O) groups is 2. The first-order valence-electron chi connectivity index (χ1n) is 10.4. The second-order valence-electron chi connectivity index (χ2n) is 7.38. The van der Waals surface area contributed by atoms with E-state index in [4.69, 9.17) is 14.2 Å². The fourth-order valence-corrected chi connectivity index (χ4v) is 5.29. The molecule has 0 atom stereocenters. The van der Waals surface area contributed by atoms with Crippen LogP contribution in [0.2, 0.25) is 0 Å². The first-order chi connectivity index (χ1) is 15.4. The Balaban J connectivity index is 1.79. The number of rotatable bonds is 8. The molecule has 0 radical (unpaired) electrons. The first kappa shape index (κ1) is 23.7. The molecule has 1 fully saturated rings. The molecule has 0 unspecified atom stereocenters. The maximum Gasteiger partial charge on any atom is 0.338 e. The number of para-hydroxylation sites is 1. The van der Waals surface area contributed by atoms with Crippen molar-refractivity contribution in [2.75, 3.05) is 33.9 Å². The number of methoxy groups -OCH3 is 2. The third-order valence-corrected chi connectivity index (χ3v) is 7.24. The maximum absolute atomic E-state index is 13.2. The Kier molecular flexibility index (Phi) is 7.87. The Hall–Kier alpha value is -2.91. The zero-order valence-corrected chi connectivity index (χ0v) is 19.0. The molecular formula is C23H27NO7S. The van der Waals surface area contributed by atoms with Crippen molar-refractivity contribution in [1.29, 1.82) is 0 Å². The van der Waals surface area contributed by atoms with E-state index in [1.165, 1.54) is 36.7 Å². The number of sulfonamides is 1. The Bertz CT molecular complexity index is 1070. The number of nitrogens with zero attached hydrogens (tertiary/aromatic N) is 1. The summed E-state index contributed by atoms with van der Waals surface area (Å²) in [5.74, 6) is -0.704. The van der Waals surface area contributed by atoms with Gasteiger partial charge < -0.3 is 14.2 Å². The van der Waals surface area contributed by atoms with Crippen molar-refractivity contribution < 1.29 is 32.2 Å². The van der Waals surface area contributed by atoms with Gasteiger partial charge in [-0.25, -0.2) is 13.2 Å². The van der Waals surface area contributed by atoms with Gasteiger partial charge in [-0.05, 0) is 43.2 Å². The summed E-state index contributed by atoms with van der Waals surface area (Å²) in [4.78, 5) is 24.9. The van der Waals surface area contributed by atoms with E-state index in [1.54, 1.807) is 24.3 Å². The minimum Gasteiger partial charge on any atom is -0.496 e. The summed E-state index contributed by atoms with van der Waals surface area (Å²) >= 11 is 0. The number of carbonyl (C=O) groups excluding carboxylic acids is 2. The van der Waals surface area contributed by atoms with E-state index >= 15 is 0 Å². The number of Topliss-reactive ketones (excluding diaryl/α,β-unsaturated/α-hetero) is 1. The molecule has 1 heterocycles. The highest BCUT2D eigenvalue weighted by atomic mass is 32.2. The molecule has 2 aromatic rings. The molecule has 1 saturated heterocycles. The van der Waals surface area contributed by atoms with Crippen molar-refractivity contribution >= 4 is 21.8 Å². The van der Waals surface area contributed by atoms with Crippen LogP contribution in [0.5, 0.6) is 11.5 Å². The lowest BCUT2D eigenvalue weighted by Gasteiger charge is -2.21. The molecule has 0 spiro atoms. The van der Waals surface area contributed by atoms with Gasteiger partial charge in [-0.15, -0.1) is 0 Å². The van der Waals surface area contributed by atoms with Gasteiger partial charge in [0.25, 0.3) is 0 Å². The summed E-state index contributed by atoms with van der Waals surface area (Å²) in [5, 5.41) is 0. The van der Waals surface area contributed by atoms with Gasteiger partial charge in [-0.3, -0.25) is 4.79 Å². The molecule has 172 valence electrons. The summed E-state index contributed by atoms with van der Waals surface area (Å²) < 4.78 is 43.5. The minimum atomic E-state index is -3.85. The van der Waals surface area contributed by atoms with Gasteiger partial charge in [0, 0.05) is 13.1 Å². The number of hydrogen-bond donors (Lipinski definition) is 0. The molecule has 0 aliphatic carbocycles. The molecule has 32 heavy (non-hydrogen) atoms. The summed E-state index contributed by atoms with van der Waals surface area (Å²) in [5.41, 5.74) is 0.314. The Morgan fingerprint density at radius 3 is 2.22 bits per heavy atom. The number of ether oxygens (including phenoxy) is 3. The highest BCUT2D eigenvalue weighted by molar-refractivity contribution is 7.89. The van der Waals surface area contributed by atoms with Gasteiger partial charge in [-0.2, -0.15) is 4.31 Å². The Morgan fingerprint density at radius 2 is 1.56 bits per heavy atom. The minimum absolute atomic E-state index is 0.0204. The van der Waals surface area contributed by atoms with E-state index in [0.29, 0.717) is 24.4 Å². The van der Waals surface area contributed by atoms with E-state index in [9.17, 15) is 18.0 Å². The lowest BCUT2D eigenvalue weighted by molar-refractivity contribution is 0.0473. The quantitative estimate of drug-likeness (QED) is 0.439.